The van der Waals surface area contributed by atoms with E-state index in [0.29, 0.717) is 18.0 Å². The van der Waals surface area contributed by atoms with Crippen molar-refractivity contribution in [2.24, 2.45) is 20.9 Å². The fourth-order valence-corrected chi connectivity index (χ4v) is 4.65. The Hall–Kier alpha value is -4.20. The van der Waals surface area contributed by atoms with Crippen molar-refractivity contribution >= 4 is 30.6 Å². The van der Waals surface area contributed by atoms with E-state index in [0.717, 1.165) is 81.8 Å². The third kappa shape index (κ3) is 12.7. The van der Waals surface area contributed by atoms with Crippen LogP contribution < -0.4 is 16.0 Å². The van der Waals surface area contributed by atoms with Crippen LogP contribution in [0.25, 0.3) is 6.08 Å². The molecule has 0 saturated heterocycles. The first-order valence-electron chi connectivity index (χ1n) is 15.4. The number of nitrogens with zero attached hydrogens (tertiary/aromatic N) is 3. The van der Waals surface area contributed by atoms with Crippen molar-refractivity contribution in [3.63, 3.8) is 0 Å². The van der Waals surface area contributed by atoms with Crippen molar-refractivity contribution in [1.82, 2.24) is 16.0 Å². The average molecular weight is 577 g/mol. The number of nitrogens with one attached hydrogen (secondary N) is 3. The Labute approximate surface area is 256 Å². The topological polar surface area (TPSA) is 90.2 Å². The van der Waals surface area contributed by atoms with Crippen molar-refractivity contribution in [3.05, 3.63) is 113 Å². The van der Waals surface area contributed by atoms with Crippen LogP contribution in [0.15, 0.2) is 99.9 Å². The smallest absolute Gasteiger partial charge is 0.251 e. The van der Waals surface area contributed by atoms with Crippen molar-refractivity contribution in [2.75, 3.05) is 52.4 Å². The number of hydrogen-bond acceptors (Lipinski definition) is 6. The fourth-order valence-electron chi connectivity index (χ4n) is 4.65. The summed E-state index contributed by atoms with van der Waals surface area (Å²) in [5.41, 5.74) is 5.17. The molecule has 0 radical (unpaired) electrons. The summed E-state index contributed by atoms with van der Waals surface area (Å²) in [5, 5.41) is 10.0. The number of unbranched alkanes of at least 4 members (excludes halogenated alkanes) is 1. The van der Waals surface area contributed by atoms with Crippen molar-refractivity contribution < 1.29 is 4.79 Å². The lowest BCUT2D eigenvalue weighted by Gasteiger charge is -2.14. The summed E-state index contributed by atoms with van der Waals surface area (Å²) >= 11 is 0. The lowest BCUT2D eigenvalue weighted by Crippen LogP contribution is -2.26. The Bertz CT molecular complexity index is 1330. The highest BCUT2D eigenvalue weighted by Crippen LogP contribution is 2.13. The van der Waals surface area contributed by atoms with Crippen LogP contribution in [0.4, 0.5) is 0 Å². The second-order valence-electron chi connectivity index (χ2n) is 10.6. The van der Waals surface area contributed by atoms with Gasteiger partial charge in [-0.25, -0.2) is 0 Å². The predicted octanol–water partition coefficient (Wildman–Crippen LogP) is 5.07. The van der Waals surface area contributed by atoms with Gasteiger partial charge in [-0.15, -0.1) is 0 Å². The number of aliphatic imine (C=N–C) groups is 3. The summed E-state index contributed by atoms with van der Waals surface area (Å²) in [7, 11) is 0. The molecule has 4 aliphatic rings. The molecule has 224 valence electrons. The molecule has 0 spiro atoms. The Morgan fingerprint density at radius 1 is 0.674 bits per heavy atom. The molecule has 4 bridgehead atoms. The second-order valence-corrected chi connectivity index (χ2v) is 10.6. The van der Waals surface area contributed by atoms with Gasteiger partial charge in [0.2, 0.25) is 0 Å². The van der Waals surface area contributed by atoms with E-state index in [1.807, 2.05) is 49.0 Å². The third-order valence-electron chi connectivity index (χ3n) is 7.14. The van der Waals surface area contributed by atoms with Gasteiger partial charge < -0.3 is 16.0 Å². The molecule has 4 aliphatic heterocycles. The summed E-state index contributed by atoms with van der Waals surface area (Å²) in [6, 6.07) is 26.2. The molecule has 3 aromatic carbocycles. The van der Waals surface area contributed by atoms with Crippen molar-refractivity contribution in [3.8, 4) is 0 Å². The molecule has 0 aliphatic carbocycles. The summed E-state index contributed by atoms with van der Waals surface area (Å²) in [5.74, 6) is 0.374. The molecule has 43 heavy (non-hydrogen) atoms. The van der Waals surface area contributed by atoms with Gasteiger partial charge in [0.15, 0.2) is 0 Å². The standard InChI is InChI=1S/C36H44N6O/c43-36(35-7-2-1-3-8-35)42-19-5-4-6-31-12-9-30-10-13-32(14-11-30)27-38-22-20-37-21-23-39-28-33-15-17-34(18-16-33)29-41-25-24-40-26-31/h1-3,7-18,27-29,31,37,40H,4-6,19-26H2,(H,42,43)/b12-9+,38-27+,39-28+,41-29+. The largest absolute Gasteiger partial charge is 0.352 e. The average Bonchev–Trinajstić information content (AvgIpc) is 3.05. The van der Waals surface area contributed by atoms with E-state index < -0.39 is 0 Å². The Balaban J connectivity index is 1.32. The molecule has 1 unspecified atom stereocenters. The monoisotopic (exact) mass is 576 g/mol. The van der Waals surface area contributed by atoms with E-state index >= 15 is 0 Å². The van der Waals surface area contributed by atoms with Gasteiger partial charge in [-0.1, -0.05) is 85.3 Å². The van der Waals surface area contributed by atoms with Crippen LogP contribution in [-0.4, -0.2) is 76.9 Å². The van der Waals surface area contributed by atoms with Gasteiger partial charge in [0.1, 0.15) is 0 Å². The van der Waals surface area contributed by atoms with Crippen LogP contribution in [0.3, 0.4) is 0 Å². The van der Waals surface area contributed by atoms with Gasteiger partial charge in [0, 0.05) is 56.9 Å². The molecule has 3 N–H and O–H groups in total. The van der Waals surface area contributed by atoms with Gasteiger partial charge in [-0.2, -0.15) is 0 Å². The molecule has 7 rings (SSSR count). The predicted molar refractivity (Wildman–Crippen MR) is 181 cm³/mol. The molecule has 4 heterocycles. The normalized spacial score (nSPS) is 19.8. The summed E-state index contributed by atoms with van der Waals surface area (Å²) in [6.07, 6.45) is 13.3. The fraction of sp³-hybridized carbons (Fsp3) is 0.333. The minimum Gasteiger partial charge on any atom is -0.352 e. The molecule has 0 fully saturated rings. The van der Waals surface area contributed by atoms with Crippen LogP contribution in [0.1, 0.15) is 51.9 Å². The molecule has 0 aromatic heterocycles. The zero-order chi connectivity index (χ0) is 29.8. The first-order chi connectivity index (χ1) is 21.3. The minimum atomic E-state index is -0.0108. The molecule has 1 atom stereocenters. The number of rotatable bonds is 6. The highest BCUT2D eigenvalue weighted by Gasteiger charge is 2.07. The molecular formula is C36H44N6O. The van der Waals surface area contributed by atoms with E-state index in [9.17, 15) is 4.79 Å². The first kappa shape index (κ1) is 31.7. The summed E-state index contributed by atoms with van der Waals surface area (Å²) in [6.45, 7) is 6.24. The van der Waals surface area contributed by atoms with E-state index in [1.165, 1.54) is 5.56 Å². The van der Waals surface area contributed by atoms with Gasteiger partial charge in [-0.05, 0) is 53.1 Å². The highest BCUT2D eigenvalue weighted by atomic mass is 16.1. The Morgan fingerprint density at radius 2 is 1.21 bits per heavy atom. The minimum absolute atomic E-state index is 0.0108. The quantitative estimate of drug-likeness (QED) is 0.358. The number of carbonyl (C=O) groups is 1. The van der Waals surface area contributed by atoms with E-state index in [-0.39, 0.29) is 5.91 Å². The van der Waals surface area contributed by atoms with Gasteiger partial charge in [-0.3, -0.25) is 19.8 Å². The van der Waals surface area contributed by atoms with Crippen molar-refractivity contribution in [2.45, 2.75) is 19.3 Å². The first-order valence-corrected chi connectivity index (χ1v) is 15.4. The summed E-state index contributed by atoms with van der Waals surface area (Å²) < 4.78 is 0. The van der Waals surface area contributed by atoms with Crippen LogP contribution in [0.5, 0.6) is 0 Å². The molecule has 7 heteroatoms. The Kier molecular flexibility index (Phi) is 14.1. The maximum atomic E-state index is 12.3. The maximum Gasteiger partial charge on any atom is 0.251 e. The van der Waals surface area contributed by atoms with E-state index in [2.05, 4.69) is 91.6 Å². The van der Waals surface area contributed by atoms with Gasteiger partial charge >= 0.3 is 0 Å². The molecular weight excluding hydrogens is 532 g/mol. The van der Waals surface area contributed by atoms with E-state index in [4.69, 9.17) is 0 Å². The SMILES string of the molecule is O=C(NCCCCC1/C=C/c2ccc(cc2)/C=N/CCNCC/N=C/c2ccc(cc2)/C=N/CCNC1)c1ccccc1. The maximum absolute atomic E-state index is 12.3. The number of hydrogen-bond donors (Lipinski definition) is 3. The van der Waals surface area contributed by atoms with Crippen LogP contribution in [-0.2, 0) is 0 Å². The molecule has 3 aromatic rings. The number of amides is 1. The second kappa shape index (κ2) is 19.1. The Morgan fingerprint density at radius 3 is 1.79 bits per heavy atom. The molecule has 7 nitrogen and oxygen atoms in total. The highest BCUT2D eigenvalue weighted by molar-refractivity contribution is 5.94. The molecule has 0 saturated carbocycles. The van der Waals surface area contributed by atoms with Crippen LogP contribution in [0, 0.1) is 5.92 Å². The zero-order valence-corrected chi connectivity index (χ0v) is 25.0. The van der Waals surface area contributed by atoms with Gasteiger partial charge in [0.05, 0.1) is 19.6 Å². The lowest BCUT2D eigenvalue weighted by molar-refractivity contribution is 0.0953. The zero-order valence-electron chi connectivity index (χ0n) is 25.0. The van der Waals surface area contributed by atoms with E-state index in [1.54, 1.807) is 0 Å². The third-order valence-corrected chi connectivity index (χ3v) is 7.14. The van der Waals surface area contributed by atoms with Crippen molar-refractivity contribution in [1.29, 1.82) is 0 Å². The van der Waals surface area contributed by atoms with Gasteiger partial charge in [0.25, 0.3) is 5.91 Å². The lowest BCUT2D eigenvalue weighted by atomic mass is 9.99. The van der Waals surface area contributed by atoms with Crippen LogP contribution in [0.2, 0.25) is 0 Å². The number of carbonyl (C=O) groups excluding carboxylic acids is 1. The number of benzene rings is 3. The molecule has 1 amide bonds. The summed E-state index contributed by atoms with van der Waals surface area (Å²) in [4.78, 5) is 26.0. The van der Waals surface area contributed by atoms with Crippen LogP contribution >= 0.6 is 0 Å².